The first-order chi connectivity index (χ1) is 12.6. The minimum Gasteiger partial charge on any atom is -0.504 e. The summed E-state index contributed by atoms with van der Waals surface area (Å²) in [6, 6.07) is 12.7. The Morgan fingerprint density at radius 3 is 2.88 bits per heavy atom. The molecule has 1 heterocycles. The van der Waals surface area contributed by atoms with Gasteiger partial charge in [0.2, 0.25) is 4.77 Å². The Labute approximate surface area is 155 Å². The van der Waals surface area contributed by atoms with E-state index in [9.17, 15) is 5.11 Å². The third-order valence-electron chi connectivity index (χ3n) is 3.62. The molecule has 0 aliphatic carbocycles. The van der Waals surface area contributed by atoms with E-state index in [0.717, 1.165) is 11.3 Å². The summed E-state index contributed by atoms with van der Waals surface area (Å²) in [6.07, 6.45) is 1.50. The van der Waals surface area contributed by atoms with Gasteiger partial charge < -0.3 is 14.6 Å². The van der Waals surface area contributed by atoms with Gasteiger partial charge in [-0.3, -0.25) is 0 Å². The molecule has 26 heavy (non-hydrogen) atoms. The number of benzene rings is 2. The maximum Gasteiger partial charge on any atom is 0.216 e. The molecule has 0 aliphatic heterocycles. The lowest BCUT2D eigenvalue weighted by Crippen LogP contribution is -1.97. The van der Waals surface area contributed by atoms with Gasteiger partial charge in [-0.15, -0.1) is 0 Å². The molecular formula is C18H18N4O3S. The van der Waals surface area contributed by atoms with Crippen LogP contribution in [0, 0.1) is 4.77 Å². The summed E-state index contributed by atoms with van der Waals surface area (Å²) in [5, 5.41) is 21.5. The second-order valence-corrected chi connectivity index (χ2v) is 5.65. The van der Waals surface area contributed by atoms with Crippen molar-refractivity contribution >= 4 is 18.4 Å². The van der Waals surface area contributed by atoms with E-state index in [-0.39, 0.29) is 5.75 Å². The Kier molecular flexibility index (Phi) is 5.33. The molecule has 0 saturated heterocycles. The number of hydrogen-bond donors (Lipinski definition) is 2. The number of methoxy groups -OCH3 is 1. The lowest BCUT2D eigenvalue weighted by molar-refractivity contribution is 0.340. The molecule has 7 nitrogen and oxygen atoms in total. The summed E-state index contributed by atoms with van der Waals surface area (Å²) in [7, 11) is 1.49. The van der Waals surface area contributed by atoms with Crippen LogP contribution < -0.4 is 9.47 Å². The average Bonchev–Trinajstić information content (AvgIpc) is 3.02. The zero-order chi connectivity index (χ0) is 18.5. The number of rotatable bonds is 6. The smallest absolute Gasteiger partial charge is 0.216 e. The van der Waals surface area contributed by atoms with Crippen molar-refractivity contribution in [3.63, 3.8) is 0 Å². The minimum atomic E-state index is 0.00802. The van der Waals surface area contributed by atoms with Crippen LogP contribution in [0.2, 0.25) is 0 Å². The molecule has 0 atom stereocenters. The second kappa shape index (κ2) is 7.83. The van der Waals surface area contributed by atoms with Crippen LogP contribution in [0.5, 0.6) is 17.2 Å². The number of nitrogens with zero attached hydrogens (tertiary/aromatic N) is 3. The van der Waals surface area contributed by atoms with Gasteiger partial charge in [0.05, 0.1) is 19.9 Å². The monoisotopic (exact) mass is 370 g/mol. The molecule has 1 aromatic heterocycles. The van der Waals surface area contributed by atoms with Crippen LogP contribution in [-0.4, -0.2) is 39.9 Å². The molecule has 2 N–H and O–H groups in total. The first-order valence-corrected chi connectivity index (χ1v) is 8.35. The van der Waals surface area contributed by atoms with Crippen LogP contribution in [0.4, 0.5) is 0 Å². The average molecular weight is 370 g/mol. The lowest BCUT2D eigenvalue weighted by atomic mass is 10.2. The number of aromatic hydroxyl groups is 1. The first-order valence-electron chi connectivity index (χ1n) is 7.95. The van der Waals surface area contributed by atoms with E-state index in [2.05, 4.69) is 15.3 Å². The van der Waals surface area contributed by atoms with Gasteiger partial charge in [0.25, 0.3) is 0 Å². The van der Waals surface area contributed by atoms with Gasteiger partial charge in [0.15, 0.2) is 17.3 Å². The van der Waals surface area contributed by atoms with Gasteiger partial charge in [-0.25, -0.2) is 5.10 Å². The number of phenolic OH excluding ortho intramolecular Hbond substituents is 1. The molecule has 0 amide bonds. The van der Waals surface area contributed by atoms with Gasteiger partial charge in [-0.1, -0.05) is 18.2 Å². The summed E-state index contributed by atoms with van der Waals surface area (Å²) < 4.78 is 12.4. The highest BCUT2D eigenvalue weighted by Crippen LogP contribution is 2.28. The van der Waals surface area contributed by atoms with Crippen LogP contribution in [0.15, 0.2) is 47.6 Å². The van der Waals surface area contributed by atoms with Gasteiger partial charge in [-0.05, 0) is 43.4 Å². The van der Waals surface area contributed by atoms with E-state index in [1.54, 1.807) is 18.2 Å². The minimum absolute atomic E-state index is 0.00802. The third-order valence-corrected chi connectivity index (χ3v) is 3.88. The summed E-state index contributed by atoms with van der Waals surface area (Å²) in [5.41, 5.74) is 1.30. The fraction of sp³-hybridized carbons (Fsp3) is 0.167. The Morgan fingerprint density at radius 2 is 2.12 bits per heavy atom. The zero-order valence-electron chi connectivity index (χ0n) is 14.3. The van der Waals surface area contributed by atoms with Crippen molar-refractivity contribution in [1.82, 2.24) is 14.9 Å². The highest BCUT2D eigenvalue weighted by molar-refractivity contribution is 7.71. The van der Waals surface area contributed by atoms with E-state index in [0.29, 0.717) is 28.5 Å². The van der Waals surface area contributed by atoms with Crippen LogP contribution in [0.25, 0.3) is 11.4 Å². The third kappa shape index (κ3) is 3.60. The van der Waals surface area contributed by atoms with E-state index in [1.165, 1.54) is 18.0 Å². The summed E-state index contributed by atoms with van der Waals surface area (Å²) in [6.45, 7) is 2.50. The molecule has 0 aliphatic rings. The maximum absolute atomic E-state index is 10.2. The predicted octanol–water partition coefficient (Wildman–Crippen LogP) is 3.60. The summed E-state index contributed by atoms with van der Waals surface area (Å²) >= 11 is 5.27. The molecule has 0 fully saturated rings. The summed E-state index contributed by atoms with van der Waals surface area (Å²) in [4.78, 5) is 0. The number of H-pyrrole nitrogens is 1. The van der Waals surface area contributed by atoms with Crippen molar-refractivity contribution in [2.24, 2.45) is 5.10 Å². The van der Waals surface area contributed by atoms with Gasteiger partial charge in [0, 0.05) is 11.1 Å². The first kappa shape index (κ1) is 17.7. The molecule has 0 saturated carbocycles. The molecular weight excluding hydrogens is 352 g/mol. The number of hydrogen-bond acceptors (Lipinski definition) is 6. The van der Waals surface area contributed by atoms with Crippen molar-refractivity contribution < 1.29 is 14.6 Å². The molecule has 134 valence electrons. The zero-order valence-corrected chi connectivity index (χ0v) is 15.2. The van der Waals surface area contributed by atoms with E-state index < -0.39 is 0 Å². The summed E-state index contributed by atoms with van der Waals surface area (Å²) in [5.74, 6) is 1.65. The molecule has 2 aromatic carbocycles. The van der Waals surface area contributed by atoms with Gasteiger partial charge in [0.1, 0.15) is 5.75 Å². The Hall–Kier alpha value is -3.13. The molecule has 8 heteroatoms. The van der Waals surface area contributed by atoms with Crippen molar-refractivity contribution in [3.05, 3.63) is 52.8 Å². The number of nitrogens with one attached hydrogen (secondary N) is 1. The van der Waals surface area contributed by atoms with Crippen molar-refractivity contribution in [1.29, 1.82) is 0 Å². The molecule has 0 spiro atoms. The standard InChI is InChI=1S/C18H18N4O3S/c1-3-25-14-8-4-6-12(10-14)17-20-21-18(26)22(17)19-11-13-7-5-9-15(24-2)16(13)23/h4-11,23H,3H2,1-2H3,(H,21,26)/b19-11-. The van der Waals surface area contributed by atoms with Crippen LogP contribution in [0.1, 0.15) is 12.5 Å². The molecule has 0 unspecified atom stereocenters. The lowest BCUT2D eigenvalue weighted by Gasteiger charge is -2.06. The molecule has 0 radical (unpaired) electrons. The van der Waals surface area contributed by atoms with E-state index in [4.69, 9.17) is 21.7 Å². The number of aromatic amines is 1. The number of aromatic nitrogens is 3. The fourth-order valence-electron chi connectivity index (χ4n) is 2.41. The highest BCUT2D eigenvalue weighted by Gasteiger charge is 2.10. The van der Waals surface area contributed by atoms with Crippen molar-refractivity contribution in [2.75, 3.05) is 13.7 Å². The van der Waals surface area contributed by atoms with Crippen LogP contribution in [0.3, 0.4) is 0 Å². The second-order valence-electron chi connectivity index (χ2n) is 5.27. The highest BCUT2D eigenvalue weighted by atomic mass is 32.1. The molecule has 3 rings (SSSR count). The Balaban J connectivity index is 1.99. The normalized spacial score (nSPS) is 11.0. The quantitative estimate of drug-likeness (QED) is 0.511. The van der Waals surface area contributed by atoms with Crippen molar-refractivity contribution in [2.45, 2.75) is 6.92 Å². The predicted molar refractivity (Wildman–Crippen MR) is 102 cm³/mol. The maximum atomic E-state index is 10.2. The molecule has 3 aromatic rings. The Bertz CT molecular complexity index is 994. The topological polar surface area (TPSA) is 84.7 Å². The van der Waals surface area contributed by atoms with Gasteiger partial charge >= 0.3 is 0 Å². The van der Waals surface area contributed by atoms with E-state index >= 15 is 0 Å². The SMILES string of the molecule is CCOc1cccc(-c2n[nH]c(=S)n2/N=C\c2cccc(OC)c2O)c1. The van der Waals surface area contributed by atoms with E-state index in [1.807, 2.05) is 31.2 Å². The Morgan fingerprint density at radius 1 is 1.31 bits per heavy atom. The number of phenols is 1. The largest absolute Gasteiger partial charge is 0.504 e. The molecule has 0 bridgehead atoms. The van der Waals surface area contributed by atoms with Gasteiger partial charge in [-0.2, -0.15) is 14.9 Å². The van der Waals surface area contributed by atoms with Crippen molar-refractivity contribution in [3.8, 4) is 28.6 Å². The van der Waals surface area contributed by atoms with Crippen LogP contribution >= 0.6 is 12.2 Å². The number of ether oxygens (including phenoxy) is 2. The number of para-hydroxylation sites is 1. The van der Waals surface area contributed by atoms with Crippen LogP contribution in [-0.2, 0) is 0 Å². The fourth-order valence-corrected chi connectivity index (χ4v) is 2.58.